The summed E-state index contributed by atoms with van der Waals surface area (Å²) in [6.07, 6.45) is 1.48. The highest BCUT2D eigenvalue weighted by Gasteiger charge is 2.46. The van der Waals surface area contributed by atoms with Crippen LogP contribution in [0.4, 0.5) is 4.79 Å². The van der Waals surface area contributed by atoms with E-state index in [1.807, 2.05) is 31.2 Å². The Kier molecular flexibility index (Phi) is 4.88. The number of halogens is 1. The van der Waals surface area contributed by atoms with E-state index >= 15 is 0 Å². The van der Waals surface area contributed by atoms with Gasteiger partial charge in [-0.15, -0.1) is 0 Å². The number of carbonyl (C=O) groups excluding carboxylic acids is 2. The first-order chi connectivity index (χ1) is 9.96. The van der Waals surface area contributed by atoms with Crippen LogP contribution in [0.25, 0.3) is 0 Å². The van der Waals surface area contributed by atoms with Crippen LogP contribution in [-0.2, 0) is 4.79 Å². The number of nitrogens with one attached hydrogen (secondary N) is 1. The average molecular weight is 355 g/mol. The molecular weight excluding hydrogens is 336 g/mol. The van der Waals surface area contributed by atoms with Gasteiger partial charge in [-0.05, 0) is 31.5 Å². The van der Waals surface area contributed by atoms with E-state index in [-0.39, 0.29) is 25.1 Å². The zero-order chi connectivity index (χ0) is 15.5. The van der Waals surface area contributed by atoms with E-state index in [4.69, 9.17) is 4.74 Å². The number of amides is 3. The zero-order valence-corrected chi connectivity index (χ0v) is 13.8. The van der Waals surface area contributed by atoms with Crippen LogP contribution in [0.1, 0.15) is 26.7 Å². The number of rotatable bonds is 6. The highest BCUT2D eigenvalue weighted by Crippen LogP contribution is 2.22. The van der Waals surface area contributed by atoms with Gasteiger partial charge < -0.3 is 10.1 Å². The smallest absolute Gasteiger partial charge is 0.325 e. The van der Waals surface area contributed by atoms with Gasteiger partial charge in [0.25, 0.3) is 5.91 Å². The van der Waals surface area contributed by atoms with E-state index in [1.165, 1.54) is 4.90 Å². The molecule has 0 aliphatic carbocycles. The summed E-state index contributed by atoms with van der Waals surface area (Å²) in [5.74, 6) is 0.528. The average Bonchev–Trinajstić information content (AvgIpc) is 2.62. The van der Waals surface area contributed by atoms with Gasteiger partial charge in [0, 0.05) is 4.47 Å². The van der Waals surface area contributed by atoms with Gasteiger partial charge >= 0.3 is 6.03 Å². The fourth-order valence-corrected chi connectivity index (χ4v) is 2.81. The van der Waals surface area contributed by atoms with E-state index in [0.29, 0.717) is 12.2 Å². The van der Waals surface area contributed by atoms with Gasteiger partial charge in [0.15, 0.2) is 0 Å². The lowest BCUT2D eigenvalue weighted by molar-refractivity contribution is -0.131. The van der Waals surface area contributed by atoms with Crippen molar-refractivity contribution in [3.05, 3.63) is 28.7 Å². The Morgan fingerprint density at radius 1 is 1.38 bits per heavy atom. The lowest BCUT2D eigenvalue weighted by Crippen LogP contribution is -2.44. The van der Waals surface area contributed by atoms with Crippen LogP contribution in [0.2, 0.25) is 0 Å². The van der Waals surface area contributed by atoms with Crippen molar-refractivity contribution in [3.63, 3.8) is 0 Å². The molecule has 1 aromatic rings. The molecule has 21 heavy (non-hydrogen) atoms. The molecule has 2 rings (SSSR count). The summed E-state index contributed by atoms with van der Waals surface area (Å²) in [6.45, 7) is 4.28. The van der Waals surface area contributed by atoms with Gasteiger partial charge in [0.2, 0.25) is 0 Å². The number of carbonyl (C=O) groups is 2. The number of ether oxygens (including phenoxy) is 1. The topological polar surface area (TPSA) is 58.6 Å². The summed E-state index contributed by atoms with van der Waals surface area (Å²) in [7, 11) is 0. The summed E-state index contributed by atoms with van der Waals surface area (Å²) < 4.78 is 6.49. The molecule has 1 aliphatic heterocycles. The molecule has 0 aromatic heterocycles. The standard InChI is InChI=1S/C15H19BrN2O3/c1-3-7-15(2)13(19)18(14(20)17-15)8-9-21-12-6-4-5-11(16)10-12/h4-6,10H,3,7-9H2,1-2H3,(H,17,20). The molecule has 1 fully saturated rings. The summed E-state index contributed by atoms with van der Waals surface area (Å²) >= 11 is 3.36. The lowest BCUT2D eigenvalue weighted by Gasteiger charge is -2.20. The van der Waals surface area contributed by atoms with Crippen molar-refractivity contribution in [1.29, 1.82) is 0 Å². The third kappa shape index (κ3) is 3.56. The third-order valence-electron chi connectivity index (χ3n) is 3.47. The predicted octanol–water partition coefficient (Wildman–Crippen LogP) is 2.94. The second-order valence-electron chi connectivity index (χ2n) is 5.27. The van der Waals surface area contributed by atoms with Gasteiger partial charge in [-0.2, -0.15) is 0 Å². The van der Waals surface area contributed by atoms with Gasteiger partial charge in [-0.3, -0.25) is 9.69 Å². The summed E-state index contributed by atoms with van der Waals surface area (Å²) in [5.41, 5.74) is -0.776. The molecule has 6 heteroatoms. The molecule has 0 bridgehead atoms. The van der Waals surface area contributed by atoms with Crippen LogP contribution in [0, 0.1) is 0 Å². The van der Waals surface area contributed by atoms with Gasteiger partial charge in [-0.25, -0.2) is 4.79 Å². The maximum atomic E-state index is 12.3. The van der Waals surface area contributed by atoms with Crippen molar-refractivity contribution in [2.24, 2.45) is 0 Å². The largest absolute Gasteiger partial charge is 0.492 e. The van der Waals surface area contributed by atoms with E-state index < -0.39 is 5.54 Å². The van der Waals surface area contributed by atoms with Crippen LogP contribution in [0.3, 0.4) is 0 Å². The number of nitrogens with zero attached hydrogens (tertiary/aromatic N) is 1. The maximum absolute atomic E-state index is 12.3. The SMILES string of the molecule is CCCC1(C)NC(=O)N(CCOc2cccc(Br)c2)C1=O. The molecule has 3 amide bonds. The van der Waals surface area contributed by atoms with Crippen molar-refractivity contribution in [1.82, 2.24) is 10.2 Å². The Balaban J connectivity index is 1.91. The molecule has 1 N–H and O–H groups in total. The Bertz CT molecular complexity index is 549. The van der Waals surface area contributed by atoms with Crippen LogP contribution in [-0.4, -0.2) is 35.5 Å². The minimum Gasteiger partial charge on any atom is -0.492 e. The molecule has 1 aliphatic rings. The van der Waals surface area contributed by atoms with E-state index in [1.54, 1.807) is 6.92 Å². The first-order valence-electron chi connectivity index (χ1n) is 6.99. The Hall–Kier alpha value is -1.56. The van der Waals surface area contributed by atoms with Crippen LogP contribution < -0.4 is 10.1 Å². The molecule has 0 saturated carbocycles. The minimum atomic E-state index is -0.776. The molecule has 1 unspecified atom stereocenters. The highest BCUT2D eigenvalue weighted by atomic mass is 79.9. The molecule has 1 aromatic carbocycles. The van der Waals surface area contributed by atoms with Gasteiger partial charge in [-0.1, -0.05) is 35.3 Å². The van der Waals surface area contributed by atoms with Gasteiger partial charge in [0.1, 0.15) is 17.9 Å². The minimum absolute atomic E-state index is 0.174. The van der Waals surface area contributed by atoms with E-state index in [9.17, 15) is 9.59 Å². The predicted molar refractivity (Wildman–Crippen MR) is 83.2 cm³/mol. The summed E-state index contributed by atoms with van der Waals surface area (Å²) in [5, 5.41) is 2.76. The quantitative estimate of drug-likeness (QED) is 0.799. The molecule has 1 heterocycles. The Labute approximate surface area is 132 Å². The molecule has 0 radical (unpaired) electrons. The fourth-order valence-electron chi connectivity index (χ4n) is 2.43. The molecule has 0 spiro atoms. The second-order valence-corrected chi connectivity index (χ2v) is 6.19. The molecule has 1 saturated heterocycles. The lowest BCUT2D eigenvalue weighted by atomic mass is 9.96. The number of benzene rings is 1. The van der Waals surface area contributed by atoms with Crippen molar-refractivity contribution in [2.45, 2.75) is 32.2 Å². The number of hydrogen-bond acceptors (Lipinski definition) is 3. The molecular formula is C15H19BrN2O3. The maximum Gasteiger partial charge on any atom is 0.325 e. The summed E-state index contributed by atoms with van der Waals surface area (Å²) in [4.78, 5) is 25.4. The van der Waals surface area contributed by atoms with Crippen molar-refractivity contribution < 1.29 is 14.3 Å². The van der Waals surface area contributed by atoms with Gasteiger partial charge in [0.05, 0.1) is 6.54 Å². The number of imide groups is 1. The highest BCUT2D eigenvalue weighted by molar-refractivity contribution is 9.10. The second kappa shape index (κ2) is 6.47. The Morgan fingerprint density at radius 3 is 2.81 bits per heavy atom. The molecule has 114 valence electrons. The fraction of sp³-hybridized carbons (Fsp3) is 0.467. The zero-order valence-electron chi connectivity index (χ0n) is 12.2. The molecule has 5 nitrogen and oxygen atoms in total. The molecule has 1 atom stereocenters. The normalized spacial score (nSPS) is 21.6. The first-order valence-corrected chi connectivity index (χ1v) is 7.78. The van der Waals surface area contributed by atoms with E-state index in [0.717, 1.165) is 10.9 Å². The number of hydrogen-bond donors (Lipinski definition) is 1. The van der Waals surface area contributed by atoms with E-state index in [2.05, 4.69) is 21.2 Å². The third-order valence-corrected chi connectivity index (χ3v) is 3.97. The first kappa shape index (κ1) is 15.8. The van der Waals surface area contributed by atoms with Crippen LogP contribution >= 0.6 is 15.9 Å². The van der Waals surface area contributed by atoms with Crippen LogP contribution in [0.15, 0.2) is 28.7 Å². The monoisotopic (exact) mass is 354 g/mol. The van der Waals surface area contributed by atoms with Crippen molar-refractivity contribution in [3.8, 4) is 5.75 Å². The number of urea groups is 1. The summed E-state index contributed by atoms with van der Waals surface area (Å²) in [6, 6.07) is 7.10. The van der Waals surface area contributed by atoms with Crippen LogP contribution in [0.5, 0.6) is 5.75 Å². The van der Waals surface area contributed by atoms with Crippen molar-refractivity contribution in [2.75, 3.05) is 13.2 Å². The Morgan fingerprint density at radius 2 is 2.14 bits per heavy atom. The van der Waals surface area contributed by atoms with Crippen molar-refractivity contribution >= 4 is 27.9 Å².